The molecule has 0 aliphatic carbocycles. The molecule has 0 saturated carbocycles. The molecule has 0 fully saturated rings. The third-order valence-corrected chi connectivity index (χ3v) is 5.60. The van der Waals surface area contributed by atoms with E-state index in [1.807, 2.05) is 0 Å². The van der Waals surface area contributed by atoms with E-state index in [-0.39, 0.29) is 36.4 Å². The van der Waals surface area contributed by atoms with E-state index >= 15 is 0 Å². The van der Waals surface area contributed by atoms with E-state index in [0.29, 0.717) is 39.6 Å². The molecule has 9 heteroatoms. The van der Waals surface area contributed by atoms with E-state index in [1.54, 1.807) is 60.7 Å². The summed E-state index contributed by atoms with van der Waals surface area (Å²) in [4.78, 5) is 51.2. The molecule has 4 amide bonds. The first-order valence-electron chi connectivity index (χ1n) is 10.4. The summed E-state index contributed by atoms with van der Waals surface area (Å²) in [5.41, 5.74) is 2.45. The van der Waals surface area contributed by atoms with Crippen molar-refractivity contribution in [3.63, 3.8) is 0 Å². The molecule has 3 aromatic carbocycles. The number of anilines is 2. The van der Waals surface area contributed by atoms with Gasteiger partial charge < -0.3 is 20.1 Å². The number of methoxy groups -OCH3 is 1. The summed E-state index contributed by atoms with van der Waals surface area (Å²) in [6.45, 7) is -0.0470. The van der Waals surface area contributed by atoms with Crippen LogP contribution in [0.3, 0.4) is 0 Å². The standard InChI is InChI=1S/C25H19N3O6/c1-33-20-8-6-14(12-28-24(31)16-4-2-3-5-17(16)25(28)32)10-18(20)23(30)26-15-7-9-21-19(11-15)27-22(29)13-34-21/h2-11H,12-13H2,1H3,(H,26,30)(H,27,29). The normalized spacial score (nSPS) is 14.1. The largest absolute Gasteiger partial charge is 0.496 e. The minimum absolute atomic E-state index is 0.0127. The molecule has 170 valence electrons. The molecule has 5 rings (SSSR count). The van der Waals surface area contributed by atoms with Crippen molar-refractivity contribution in [1.82, 2.24) is 4.90 Å². The van der Waals surface area contributed by atoms with Gasteiger partial charge in [0.15, 0.2) is 6.61 Å². The Labute approximate surface area is 194 Å². The molecular weight excluding hydrogens is 438 g/mol. The third-order valence-electron chi connectivity index (χ3n) is 5.60. The predicted octanol–water partition coefficient (Wildman–Crippen LogP) is 3.07. The number of benzene rings is 3. The molecule has 0 saturated heterocycles. The van der Waals surface area contributed by atoms with Crippen LogP contribution in [-0.4, -0.2) is 42.2 Å². The van der Waals surface area contributed by atoms with Gasteiger partial charge in [0.1, 0.15) is 11.5 Å². The molecule has 0 bridgehead atoms. The summed E-state index contributed by atoms with van der Waals surface area (Å²) in [7, 11) is 1.45. The fourth-order valence-electron chi connectivity index (χ4n) is 3.96. The number of hydrogen-bond donors (Lipinski definition) is 2. The molecule has 0 unspecified atom stereocenters. The lowest BCUT2D eigenvalue weighted by atomic mass is 10.1. The van der Waals surface area contributed by atoms with Crippen LogP contribution >= 0.6 is 0 Å². The Kier molecular flexibility index (Phi) is 5.21. The van der Waals surface area contributed by atoms with E-state index in [1.165, 1.54) is 7.11 Å². The minimum Gasteiger partial charge on any atom is -0.496 e. The lowest BCUT2D eigenvalue weighted by Gasteiger charge is -2.19. The van der Waals surface area contributed by atoms with Crippen LogP contribution in [0.25, 0.3) is 0 Å². The van der Waals surface area contributed by atoms with Crippen molar-refractivity contribution in [1.29, 1.82) is 0 Å². The molecule has 0 radical (unpaired) electrons. The zero-order valence-electron chi connectivity index (χ0n) is 18.1. The van der Waals surface area contributed by atoms with Gasteiger partial charge in [0, 0.05) is 5.69 Å². The number of nitrogens with one attached hydrogen (secondary N) is 2. The predicted molar refractivity (Wildman–Crippen MR) is 122 cm³/mol. The molecule has 9 nitrogen and oxygen atoms in total. The Morgan fingerprint density at radius 3 is 2.47 bits per heavy atom. The van der Waals surface area contributed by atoms with Crippen molar-refractivity contribution in [2.45, 2.75) is 6.54 Å². The maximum atomic E-state index is 13.1. The Bertz CT molecular complexity index is 1330. The number of rotatable bonds is 5. The van der Waals surface area contributed by atoms with Gasteiger partial charge in [-0.2, -0.15) is 0 Å². The van der Waals surface area contributed by atoms with Gasteiger partial charge in [-0.1, -0.05) is 18.2 Å². The maximum absolute atomic E-state index is 13.1. The second kappa shape index (κ2) is 8.36. The smallest absolute Gasteiger partial charge is 0.262 e. The number of imide groups is 1. The summed E-state index contributed by atoms with van der Waals surface area (Å²) in [5.74, 6) is -0.639. The monoisotopic (exact) mass is 457 g/mol. The van der Waals surface area contributed by atoms with Crippen molar-refractivity contribution in [2.75, 3.05) is 24.4 Å². The molecule has 2 aliphatic heterocycles. The topological polar surface area (TPSA) is 114 Å². The molecule has 0 atom stereocenters. The highest BCUT2D eigenvalue weighted by atomic mass is 16.5. The quantitative estimate of drug-likeness (QED) is 0.569. The highest BCUT2D eigenvalue weighted by Gasteiger charge is 2.35. The number of carbonyl (C=O) groups is 4. The number of fused-ring (bicyclic) bond motifs is 2. The summed E-state index contributed by atoms with van der Waals surface area (Å²) in [6, 6.07) is 16.5. The van der Waals surface area contributed by atoms with Crippen LogP contribution in [0.4, 0.5) is 11.4 Å². The van der Waals surface area contributed by atoms with Crippen LogP contribution < -0.4 is 20.1 Å². The van der Waals surface area contributed by atoms with Gasteiger partial charge in [-0.05, 0) is 48.0 Å². The van der Waals surface area contributed by atoms with Gasteiger partial charge >= 0.3 is 0 Å². The van der Waals surface area contributed by atoms with Gasteiger partial charge in [-0.25, -0.2) is 0 Å². The second-order valence-electron chi connectivity index (χ2n) is 7.78. The average molecular weight is 457 g/mol. The van der Waals surface area contributed by atoms with Crippen LogP contribution in [0.5, 0.6) is 11.5 Å². The Balaban J connectivity index is 1.38. The van der Waals surface area contributed by atoms with Crippen molar-refractivity contribution in [3.8, 4) is 11.5 Å². The average Bonchev–Trinajstić information content (AvgIpc) is 3.08. The zero-order chi connectivity index (χ0) is 23.8. The summed E-state index contributed by atoms with van der Waals surface area (Å²) in [5, 5.41) is 5.47. The van der Waals surface area contributed by atoms with Gasteiger partial charge in [0.05, 0.1) is 36.0 Å². The number of carbonyl (C=O) groups excluding carboxylic acids is 4. The second-order valence-corrected chi connectivity index (χ2v) is 7.78. The van der Waals surface area contributed by atoms with E-state index in [2.05, 4.69) is 10.6 Å². The van der Waals surface area contributed by atoms with Crippen molar-refractivity contribution < 1.29 is 28.7 Å². The fraction of sp³-hybridized carbons (Fsp3) is 0.120. The van der Waals surface area contributed by atoms with Crippen molar-refractivity contribution in [2.24, 2.45) is 0 Å². The lowest BCUT2D eigenvalue weighted by molar-refractivity contribution is -0.118. The van der Waals surface area contributed by atoms with E-state index in [0.717, 1.165) is 4.90 Å². The van der Waals surface area contributed by atoms with Crippen LogP contribution in [0, 0.1) is 0 Å². The molecule has 3 aromatic rings. The first-order valence-corrected chi connectivity index (χ1v) is 10.4. The van der Waals surface area contributed by atoms with Gasteiger partial charge in [0.25, 0.3) is 23.6 Å². The summed E-state index contributed by atoms with van der Waals surface area (Å²) < 4.78 is 10.7. The molecule has 34 heavy (non-hydrogen) atoms. The fourth-order valence-corrected chi connectivity index (χ4v) is 3.96. The molecule has 2 aliphatic rings. The van der Waals surface area contributed by atoms with Crippen molar-refractivity contribution in [3.05, 3.63) is 82.9 Å². The lowest BCUT2D eigenvalue weighted by Crippen LogP contribution is -2.29. The maximum Gasteiger partial charge on any atom is 0.262 e. The summed E-state index contributed by atoms with van der Waals surface area (Å²) >= 11 is 0. The number of ether oxygens (including phenoxy) is 2. The Morgan fingerprint density at radius 1 is 1.03 bits per heavy atom. The van der Waals surface area contributed by atoms with E-state index in [9.17, 15) is 19.2 Å². The summed E-state index contributed by atoms with van der Waals surface area (Å²) in [6.07, 6.45) is 0. The third kappa shape index (κ3) is 3.73. The number of amides is 4. The molecule has 2 heterocycles. The van der Waals surface area contributed by atoms with Crippen LogP contribution in [0.2, 0.25) is 0 Å². The van der Waals surface area contributed by atoms with Gasteiger partial charge in [-0.15, -0.1) is 0 Å². The van der Waals surface area contributed by atoms with Crippen LogP contribution in [0.1, 0.15) is 36.6 Å². The highest BCUT2D eigenvalue weighted by Crippen LogP contribution is 2.31. The Hall–Kier alpha value is -4.66. The van der Waals surface area contributed by atoms with Crippen LogP contribution in [-0.2, 0) is 11.3 Å². The Morgan fingerprint density at radius 2 is 1.76 bits per heavy atom. The SMILES string of the molecule is COc1ccc(CN2C(=O)c3ccccc3C2=O)cc1C(=O)Nc1ccc2c(c1)NC(=O)CO2. The molecule has 2 N–H and O–H groups in total. The minimum atomic E-state index is -0.455. The van der Waals surface area contributed by atoms with E-state index < -0.39 is 5.91 Å². The van der Waals surface area contributed by atoms with Gasteiger partial charge in [0.2, 0.25) is 0 Å². The van der Waals surface area contributed by atoms with E-state index in [4.69, 9.17) is 9.47 Å². The molecule has 0 aromatic heterocycles. The number of hydrogen-bond acceptors (Lipinski definition) is 6. The molecular formula is C25H19N3O6. The molecule has 0 spiro atoms. The van der Waals surface area contributed by atoms with Crippen molar-refractivity contribution >= 4 is 35.0 Å². The van der Waals surface area contributed by atoms with Gasteiger partial charge in [-0.3, -0.25) is 24.1 Å². The first-order chi connectivity index (χ1) is 16.4. The highest BCUT2D eigenvalue weighted by molar-refractivity contribution is 6.21. The zero-order valence-corrected chi connectivity index (χ0v) is 18.1. The first kappa shape index (κ1) is 21.2. The number of nitrogens with zero attached hydrogens (tertiary/aromatic N) is 1. The van der Waals surface area contributed by atoms with Crippen LogP contribution in [0.15, 0.2) is 60.7 Å².